The van der Waals surface area contributed by atoms with E-state index in [0.717, 1.165) is 0 Å². The maximum atomic E-state index is 12.9. The summed E-state index contributed by atoms with van der Waals surface area (Å²) in [5.74, 6) is -1.45. The van der Waals surface area contributed by atoms with E-state index < -0.39 is 18.4 Å². The van der Waals surface area contributed by atoms with Crippen LogP contribution in [0.5, 0.6) is 0 Å². The van der Waals surface area contributed by atoms with Gasteiger partial charge < -0.3 is 4.74 Å². The van der Waals surface area contributed by atoms with Gasteiger partial charge in [0.15, 0.2) is 12.3 Å². The molecular weight excluding hydrogens is 365 g/mol. The Morgan fingerprint density at radius 2 is 1.84 bits per heavy atom. The van der Waals surface area contributed by atoms with Gasteiger partial charge >= 0.3 is 5.97 Å². The number of esters is 1. The number of thiazole rings is 1. The van der Waals surface area contributed by atoms with E-state index in [9.17, 15) is 14.0 Å². The van der Waals surface area contributed by atoms with Crippen LogP contribution in [0.2, 0.25) is 5.02 Å². The van der Waals surface area contributed by atoms with Gasteiger partial charge in [0, 0.05) is 16.5 Å². The summed E-state index contributed by atoms with van der Waals surface area (Å²) in [7, 11) is 0. The molecule has 0 radical (unpaired) electrons. The molecule has 7 heteroatoms. The molecule has 1 heterocycles. The molecule has 1 aromatic heterocycles. The Kier molecular flexibility index (Phi) is 5.21. The average molecular weight is 376 g/mol. The Labute approximate surface area is 151 Å². The molecule has 0 unspecified atom stereocenters. The van der Waals surface area contributed by atoms with Gasteiger partial charge in [0.2, 0.25) is 5.78 Å². The highest BCUT2D eigenvalue weighted by Gasteiger charge is 2.17. The molecule has 0 N–H and O–H groups in total. The first-order valence-electron chi connectivity index (χ1n) is 7.21. The molecule has 3 rings (SSSR count). The number of ketones is 1. The highest BCUT2D eigenvalue weighted by Crippen LogP contribution is 2.24. The standard InChI is InChI=1S/C18H11ClFNO3S/c19-14-4-2-1-3-13(14)16(22)9-24-18(23)15-10-25-17(21-15)11-5-7-12(20)8-6-11/h1-8,10H,9H2. The molecule has 4 nitrogen and oxygen atoms in total. The van der Waals surface area contributed by atoms with Gasteiger partial charge in [-0.2, -0.15) is 0 Å². The zero-order valence-corrected chi connectivity index (χ0v) is 14.3. The lowest BCUT2D eigenvalue weighted by molar-refractivity contribution is 0.0470. The third-order valence-electron chi connectivity index (χ3n) is 3.31. The van der Waals surface area contributed by atoms with E-state index in [0.29, 0.717) is 21.2 Å². The lowest BCUT2D eigenvalue weighted by atomic mass is 10.1. The van der Waals surface area contributed by atoms with E-state index in [1.165, 1.54) is 28.8 Å². The van der Waals surface area contributed by atoms with Crippen LogP contribution >= 0.6 is 22.9 Å². The summed E-state index contributed by atoms with van der Waals surface area (Å²) >= 11 is 7.16. The van der Waals surface area contributed by atoms with Crippen LogP contribution in [0, 0.1) is 5.82 Å². The van der Waals surface area contributed by atoms with E-state index in [4.69, 9.17) is 16.3 Å². The maximum Gasteiger partial charge on any atom is 0.358 e. The molecule has 0 saturated carbocycles. The number of carbonyl (C=O) groups excluding carboxylic acids is 2. The summed E-state index contributed by atoms with van der Waals surface area (Å²) in [6.07, 6.45) is 0. The van der Waals surface area contributed by atoms with Gasteiger partial charge in [-0.3, -0.25) is 4.79 Å². The van der Waals surface area contributed by atoms with Crippen molar-refractivity contribution in [3.05, 3.63) is 76.0 Å². The number of rotatable bonds is 5. The quantitative estimate of drug-likeness (QED) is 0.481. The topological polar surface area (TPSA) is 56.3 Å². The average Bonchev–Trinajstić information content (AvgIpc) is 3.10. The number of Topliss-reactive ketones (excluding diaryl/α,β-unsaturated/α-hetero) is 1. The second kappa shape index (κ2) is 7.55. The summed E-state index contributed by atoms with van der Waals surface area (Å²) in [4.78, 5) is 28.2. The summed E-state index contributed by atoms with van der Waals surface area (Å²) in [6, 6.07) is 12.3. The lowest BCUT2D eigenvalue weighted by Crippen LogP contribution is -2.14. The van der Waals surface area contributed by atoms with Gasteiger partial charge in [-0.25, -0.2) is 14.2 Å². The fourth-order valence-electron chi connectivity index (χ4n) is 2.06. The maximum absolute atomic E-state index is 12.9. The monoisotopic (exact) mass is 375 g/mol. The number of nitrogens with zero attached hydrogens (tertiary/aromatic N) is 1. The molecule has 0 bridgehead atoms. The normalized spacial score (nSPS) is 10.5. The second-order valence-corrected chi connectivity index (χ2v) is 6.29. The number of benzene rings is 2. The summed E-state index contributed by atoms with van der Waals surface area (Å²) in [6.45, 7) is -0.425. The van der Waals surface area contributed by atoms with Crippen molar-refractivity contribution in [1.82, 2.24) is 4.98 Å². The molecule has 25 heavy (non-hydrogen) atoms. The highest BCUT2D eigenvalue weighted by atomic mass is 35.5. The van der Waals surface area contributed by atoms with Gasteiger partial charge in [-0.1, -0.05) is 23.7 Å². The SMILES string of the molecule is O=C(OCC(=O)c1ccccc1Cl)c1csc(-c2ccc(F)cc2)n1. The minimum absolute atomic E-state index is 0.0938. The first-order chi connectivity index (χ1) is 12.0. The molecule has 0 aliphatic heterocycles. The smallest absolute Gasteiger partial charge is 0.358 e. The van der Waals surface area contributed by atoms with Gasteiger partial charge in [0.25, 0.3) is 0 Å². The van der Waals surface area contributed by atoms with Crippen LogP contribution in [-0.4, -0.2) is 23.3 Å². The second-order valence-electron chi connectivity index (χ2n) is 5.02. The molecule has 0 amide bonds. The molecule has 0 saturated heterocycles. The molecule has 0 spiro atoms. The Morgan fingerprint density at radius 3 is 2.56 bits per heavy atom. The van der Waals surface area contributed by atoms with Crippen LogP contribution in [0.15, 0.2) is 53.9 Å². The number of halogens is 2. The summed E-state index contributed by atoms with van der Waals surface area (Å²) in [5.41, 5.74) is 1.08. The Morgan fingerprint density at radius 1 is 1.12 bits per heavy atom. The van der Waals surface area contributed by atoms with E-state index in [-0.39, 0.29) is 11.5 Å². The van der Waals surface area contributed by atoms with Crippen molar-refractivity contribution in [2.24, 2.45) is 0 Å². The van der Waals surface area contributed by atoms with E-state index in [1.54, 1.807) is 36.4 Å². The molecule has 0 aliphatic rings. The summed E-state index contributed by atoms with van der Waals surface area (Å²) in [5, 5.41) is 2.39. The van der Waals surface area contributed by atoms with Crippen molar-refractivity contribution >= 4 is 34.7 Å². The summed E-state index contributed by atoms with van der Waals surface area (Å²) < 4.78 is 18.0. The first-order valence-corrected chi connectivity index (χ1v) is 8.46. The van der Waals surface area contributed by atoms with Gasteiger partial charge in [0.1, 0.15) is 10.8 Å². The highest BCUT2D eigenvalue weighted by molar-refractivity contribution is 7.13. The van der Waals surface area contributed by atoms with E-state index in [2.05, 4.69) is 4.98 Å². The van der Waals surface area contributed by atoms with Gasteiger partial charge in [-0.05, 0) is 36.4 Å². The minimum atomic E-state index is -0.704. The zero-order valence-electron chi connectivity index (χ0n) is 12.7. The number of ether oxygens (including phenoxy) is 1. The molecule has 0 fully saturated rings. The van der Waals surface area contributed by atoms with Crippen LogP contribution in [0.25, 0.3) is 10.6 Å². The van der Waals surface area contributed by atoms with Gasteiger partial charge in [-0.15, -0.1) is 11.3 Å². The lowest BCUT2D eigenvalue weighted by Gasteiger charge is -2.04. The molecule has 126 valence electrons. The largest absolute Gasteiger partial charge is 0.453 e. The third-order valence-corrected chi connectivity index (χ3v) is 4.53. The first kappa shape index (κ1) is 17.3. The van der Waals surface area contributed by atoms with Crippen LogP contribution in [0.1, 0.15) is 20.8 Å². The van der Waals surface area contributed by atoms with Crippen molar-refractivity contribution in [1.29, 1.82) is 0 Å². The fraction of sp³-hybridized carbons (Fsp3) is 0.0556. The third kappa shape index (κ3) is 4.10. The van der Waals surface area contributed by atoms with Crippen molar-refractivity contribution in [2.75, 3.05) is 6.61 Å². The molecular formula is C18H11ClFNO3S. The predicted octanol–water partition coefficient (Wildman–Crippen LogP) is 4.64. The Balaban J connectivity index is 1.65. The van der Waals surface area contributed by atoms with Crippen molar-refractivity contribution in [3.8, 4) is 10.6 Å². The van der Waals surface area contributed by atoms with Crippen LogP contribution < -0.4 is 0 Å². The molecule has 2 aromatic carbocycles. The van der Waals surface area contributed by atoms with Crippen LogP contribution in [-0.2, 0) is 4.74 Å². The fourth-order valence-corrected chi connectivity index (χ4v) is 3.10. The Hall–Kier alpha value is -2.57. The minimum Gasteiger partial charge on any atom is -0.453 e. The van der Waals surface area contributed by atoms with E-state index in [1.807, 2.05) is 0 Å². The number of hydrogen-bond donors (Lipinski definition) is 0. The van der Waals surface area contributed by atoms with Crippen molar-refractivity contribution in [2.45, 2.75) is 0 Å². The zero-order chi connectivity index (χ0) is 17.8. The van der Waals surface area contributed by atoms with Crippen LogP contribution in [0.4, 0.5) is 4.39 Å². The number of aromatic nitrogens is 1. The number of hydrogen-bond acceptors (Lipinski definition) is 5. The predicted molar refractivity (Wildman–Crippen MR) is 93.6 cm³/mol. The Bertz CT molecular complexity index is 924. The molecule has 0 atom stereocenters. The van der Waals surface area contributed by atoms with E-state index >= 15 is 0 Å². The number of carbonyl (C=O) groups is 2. The molecule has 3 aromatic rings. The van der Waals surface area contributed by atoms with Gasteiger partial charge in [0.05, 0.1) is 5.02 Å². The molecule has 0 aliphatic carbocycles. The van der Waals surface area contributed by atoms with Crippen molar-refractivity contribution in [3.63, 3.8) is 0 Å². The van der Waals surface area contributed by atoms with Crippen molar-refractivity contribution < 1.29 is 18.7 Å². The van der Waals surface area contributed by atoms with Crippen LogP contribution in [0.3, 0.4) is 0 Å².